The molecule has 3 aromatic carbocycles. The molecule has 4 aromatic rings. The maximum Gasteiger partial charge on any atom is 0.335 e. The Labute approximate surface area is 200 Å². The first-order valence-electron chi connectivity index (χ1n) is 10.8. The largest absolute Gasteiger partial charge is 0.497 e. The van der Waals surface area contributed by atoms with Crippen LogP contribution in [-0.4, -0.2) is 29.5 Å². The van der Waals surface area contributed by atoms with Crippen molar-refractivity contribution in [1.29, 1.82) is 0 Å². The van der Waals surface area contributed by atoms with Crippen LogP contribution >= 0.6 is 0 Å². The molecule has 174 valence electrons. The summed E-state index contributed by atoms with van der Waals surface area (Å²) in [6, 6.07) is 19.5. The summed E-state index contributed by atoms with van der Waals surface area (Å²) in [6.45, 7) is 0.271. The Morgan fingerprint density at radius 1 is 0.943 bits per heavy atom. The lowest BCUT2D eigenvalue weighted by Gasteiger charge is -2.26. The van der Waals surface area contributed by atoms with Crippen molar-refractivity contribution in [3.8, 4) is 5.75 Å². The smallest absolute Gasteiger partial charge is 0.335 e. The summed E-state index contributed by atoms with van der Waals surface area (Å²) in [5, 5.41) is 3.01. The Hall–Kier alpha value is -4.72. The first kappa shape index (κ1) is 22.1. The molecule has 1 fully saturated rings. The van der Waals surface area contributed by atoms with Crippen molar-refractivity contribution in [2.24, 2.45) is 0 Å². The van der Waals surface area contributed by atoms with Gasteiger partial charge in [0.25, 0.3) is 11.8 Å². The second-order valence-electron chi connectivity index (χ2n) is 7.98. The van der Waals surface area contributed by atoms with Crippen LogP contribution in [0.25, 0.3) is 17.0 Å². The second kappa shape index (κ2) is 8.90. The lowest BCUT2D eigenvalue weighted by atomic mass is 10.1. The lowest BCUT2D eigenvalue weighted by Crippen LogP contribution is -2.54. The zero-order chi connectivity index (χ0) is 24.5. The molecule has 0 radical (unpaired) electrons. The van der Waals surface area contributed by atoms with Crippen molar-refractivity contribution >= 4 is 40.5 Å². The number of nitrogens with zero attached hydrogens (tertiary/aromatic N) is 2. The highest BCUT2D eigenvalue weighted by Gasteiger charge is 2.37. The topological polar surface area (TPSA) is 80.6 Å². The standard InChI is InChI=1S/C27H20FN3O4/c1-35-20-12-10-19(11-13-20)31-26(33)22(25(32)29-27(31)34)14-18-16-30(24-9-5-3-7-21(18)24)15-17-6-2-4-8-23(17)28/h2-14,16H,15H2,1H3,(H,29,32,34). The average molecular weight is 469 g/mol. The Bertz CT molecular complexity index is 1500. The van der Waals surface area contributed by atoms with Gasteiger partial charge in [-0.1, -0.05) is 36.4 Å². The number of amides is 4. The molecule has 1 saturated heterocycles. The van der Waals surface area contributed by atoms with Crippen LogP contribution in [0.2, 0.25) is 0 Å². The zero-order valence-corrected chi connectivity index (χ0v) is 18.7. The molecule has 5 rings (SSSR count). The highest BCUT2D eigenvalue weighted by molar-refractivity contribution is 6.39. The van der Waals surface area contributed by atoms with Gasteiger partial charge in [-0.25, -0.2) is 14.1 Å². The summed E-state index contributed by atoms with van der Waals surface area (Å²) in [5.41, 5.74) is 2.03. The van der Waals surface area contributed by atoms with E-state index in [9.17, 15) is 18.8 Å². The number of nitrogens with one attached hydrogen (secondary N) is 1. The summed E-state index contributed by atoms with van der Waals surface area (Å²) < 4.78 is 21.3. The molecule has 0 atom stereocenters. The van der Waals surface area contributed by atoms with Crippen molar-refractivity contribution in [2.45, 2.75) is 6.54 Å². The number of hydrogen-bond acceptors (Lipinski definition) is 4. The third kappa shape index (κ3) is 4.06. The fourth-order valence-corrected chi connectivity index (χ4v) is 4.11. The van der Waals surface area contributed by atoms with E-state index in [1.165, 1.54) is 19.3 Å². The summed E-state index contributed by atoms with van der Waals surface area (Å²) >= 11 is 0. The van der Waals surface area contributed by atoms with Gasteiger partial charge in [0, 0.05) is 28.2 Å². The van der Waals surface area contributed by atoms with Gasteiger partial charge in [0.2, 0.25) is 0 Å². The number of anilines is 1. The number of hydrogen-bond donors (Lipinski definition) is 1. The molecule has 1 aromatic heterocycles. The fraction of sp³-hybridized carbons (Fsp3) is 0.0741. The van der Waals surface area contributed by atoms with E-state index in [-0.39, 0.29) is 17.9 Å². The Morgan fingerprint density at radius 3 is 2.40 bits per heavy atom. The van der Waals surface area contributed by atoms with Crippen molar-refractivity contribution in [2.75, 3.05) is 12.0 Å². The average Bonchev–Trinajstić information content (AvgIpc) is 3.20. The Kier molecular flexibility index (Phi) is 5.62. The normalized spacial score (nSPS) is 15.1. The van der Waals surface area contributed by atoms with Crippen molar-refractivity contribution in [3.63, 3.8) is 0 Å². The molecule has 1 aliphatic heterocycles. The molecule has 0 unspecified atom stereocenters. The summed E-state index contributed by atoms with van der Waals surface area (Å²) in [4.78, 5) is 39.3. The van der Waals surface area contributed by atoms with Crippen molar-refractivity contribution < 1.29 is 23.5 Å². The third-order valence-electron chi connectivity index (χ3n) is 5.85. The SMILES string of the molecule is COc1ccc(N2C(=O)NC(=O)C(=Cc3cn(Cc4ccccc4F)c4ccccc34)C2=O)cc1. The van der Waals surface area contributed by atoms with E-state index >= 15 is 0 Å². The van der Waals surface area contributed by atoms with Crippen LogP contribution in [0.3, 0.4) is 0 Å². The number of halogens is 1. The van der Waals surface area contributed by atoms with E-state index in [1.807, 2.05) is 28.8 Å². The van der Waals surface area contributed by atoms with Crippen LogP contribution in [-0.2, 0) is 16.1 Å². The van der Waals surface area contributed by atoms with Crippen LogP contribution in [0.15, 0.2) is 84.6 Å². The molecule has 0 spiro atoms. The predicted molar refractivity (Wildman–Crippen MR) is 129 cm³/mol. The van der Waals surface area contributed by atoms with Gasteiger partial charge in [-0.2, -0.15) is 0 Å². The molecule has 1 N–H and O–H groups in total. The number of urea groups is 1. The first-order valence-corrected chi connectivity index (χ1v) is 10.8. The van der Waals surface area contributed by atoms with Crippen molar-refractivity contribution in [1.82, 2.24) is 9.88 Å². The minimum atomic E-state index is -0.829. The maximum absolute atomic E-state index is 14.3. The molecule has 0 saturated carbocycles. The number of barbiturate groups is 1. The number of carbonyl (C=O) groups excluding carboxylic acids is 3. The molecule has 7 nitrogen and oxygen atoms in total. The number of imide groups is 2. The number of aromatic nitrogens is 1. The van der Waals surface area contributed by atoms with Gasteiger partial charge in [0.15, 0.2) is 0 Å². The monoisotopic (exact) mass is 469 g/mol. The Balaban J connectivity index is 1.56. The molecule has 1 aliphatic rings. The number of methoxy groups -OCH3 is 1. The number of carbonyl (C=O) groups is 3. The quantitative estimate of drug-likeness (QED) is 0.345. The maximum atomic E-state index is 14.3. The molecule has 8 heteroatoms. The van der Waals surface area contributed by atoms with Crippen molar-refractivity contribution in [3.05, 3.63) is 102 Å². The van der Waals surface area contributed by atoms with E-state index in [4.69, 9.17) is 4.74 Å². The van der Waals surface area contributed by atoms with E-state index < -0.39 is 17.8 Å². The third-order valence-corrected chi connectivity index (χ3v) is 5.85. The first-order chi connectivity index (χ1) is 17.0. The van der Waals surface area contributed by atoms with Crippen LogP contribution in [0.5, 0.6) is 5.75 Å². The van der Waals surface area contributed by atoms with Crippen LogP contribution in [0, 0.1) is 5.82 Å². The minimum absolute atomic E-state index is 0.186. The number of fused-ring (bicyclic) bond motifs is 1. The molecule has 2 heterocycles. The van der Waals surface area contributed by atoms with Gasteiger partial charge in [-0.3, -0.25) is 14.9 Å². The molecule has 35 heavy (non-hydrogen) atoms. The Morgan fingerprint density at radius 2 is 1.66 bits per heavy atom. The zero-order valence-electron chi connectivity index (χ0n) is 18.7. The number of ether oxygens (including phenoxy) is 1. The van der Waals surface area contributed by atoms with E-state index in [2.05, 4.69) is 5.32 Å². The molecular formula is C27H20FN3O4. The van der Waals surface area contributed by atoms with Gasteiger partial charge in [-0.05, 0) is 42.5 Å². The lowest BCUT2D eigenvalue weighted by molar-refractivity contribution is -0.122. The summed E-state index contributed by atoms with van der Waals surface area (Å²) in [7, 11) is 1.51. The second-order valence-corrected chi connectivity index (χ2v) is 7.98. The molecule has 0 bridgehead atoms. The predicted octanol–water partition coefficient (Wildman–Crippen LogP) is 4.50. The molecule has 0 aliphatic carbocycles. The number of para-hydroxylation sites is 1. The van der Waals surface area contributed by atoms with E-state index in [0.717, 1.165) is 15.8 Å². The van der Waals surface area contributed by atoms with Crippen LogP contribution in [0.1, 0.15) is 11.1 Å². The van der Waals surface area contributed by atoms with Crippen LogP contribution < -0.4 is 15.0 Å². The van der Waals surface area contributed by atoms with Gasteiger partial charge in [-0.15, -0.1) is 0 Å². The van der Waals surface area contributed by atoms with E-state index in [1.54, 1.807) is 48.7 Å². The highest BCUT2D eigenvalue weighted by Crippen LogP contribution is 2.28. The number of benzene rings is 3. The molecular weight excluding hydrogens is 449 g/mol. The fourth-order valence-electron chi connectivity index (χ4n) is 4.11. The van der Waals surface area contributed by atoms with Gasteiger partial charge in [0.1, 0.15) is 17.1 Å². The number of rotatable bonds is 5. The summed E-state index contributed by atoms with van der Waals surface area (Å²) in [6.07, 6.45) is 3.22. The molecule has 4 amide bonds. The minimum Gasteiger partial charge on any atom is -0.497 e. The summed E-state index contributed by atoms with van der Waals surface area (Å²) in [5.74, 6) is -1.28. The van der Waals surface area contributed by atoms with E-state index in [0.29, 0.717) is 22.6 Å². The van der Waals surface area contributed by atoms with Gasteiger partial charge >= 0.3 is 6.03 Å². The van der Waals surface area contributed by atoms with Gasteiger partial charge in [0.05, 0.1) is 19.3 Å². The van der Waals surface area contributed by atoms with Crippen LogP contribution in [0.4, 0.5) is 14.9 Å². The van der Waals surface area contributed by atoms with Gasteiger partial charge < -0.3 is 9.30 Å². The highest BCUT2D eigenvalue weighted by atomic mass is 19.1.